The van der Waals surface area contributed by atoms with Crippen LogP contribution in [0, 0.1) is 6.92 Å². The number of hydrogen-bond donors (Lipinski definition) is 3. The van der Waals surface area contributed by atoms with Gasteiger partial charge < -0.3 is 16.8 Å². The maximum absolute atomic E-state index is 11.6. The molecule has 1 unspecified atom stereocenters. The summed E-state index contributed by atoms with van der Waals surface area (Å²) in [7, 11) is 0. The van der Waals surface area contributed by atoms with Gasteiger partial charge >= 0.3 is 0 Å². The maximum atomic E-state index is 11.6. The summed E-state index contributed by atoms with van der Waals surface area (Å²) < 4.78 is 0. The van der Waals surface area contributed by atoms with E-state index in [0.29, 0.717) is 23.2 Å². The van der Waals surface area contributed by atoms with Crippen molar-refractivity contribution < 1.29 is 9.59 Å². The minimum atomic E-state index is -0.549. The average molecular weight is 235 g/mol. The van der Waals surface area contributed by atoms with Crippen LogP contribution in [0.3, 0.4) is 0 Å². The number of benzene rings is 1. The Bertz CT molecular complexity index is 443. The summed E-state index contributed by atoms with van der Waals surface area (Å²) in [6.45, 7) is 3.56. The lowest BCUT2D eigenvalue weighted by Crippen LogP contribution is -2.35. The van der Waals surface area contributed by atoms with Crippen LogP contribution < -0.4 is 16.8 Å². The van der Waals surface area contributed by atoms with Crippen molar-refractivity contribution in [2.24, 2.45) is 11.5 Å². The van der Waals surface area contributed by atoms with Crippen molar-refractivity contribution in [3.8, 4) is 0 Å². The predicted molar refractivity (Wildman–Crippen MR) is 66.6 cm³/mol. The Morgan fingerprint density at radius 3 is 2.59 bits per heavy atom. The van der Waals surface area contributed by atoms with E-state index in [-0.39, 0.29) is 5.91 Å². The highest BCUT2D eigenvalue weighted by atomic mass is 16.2. The van der Waals surface area contributed by atoms with Crippen LogP contribution in [0.25, 0.3) is 0 Å². The standard InChI is InChI=1S/C12H17N3O2/c1-3-9(13)12(17)15-10-6-4-5-8(7(10)2)11(14)16/h4-6,9H,3,13H2,1-2H3,(H2,14,16)(H,15,17). The highest BCUT2D eigenvalue weighted by Gasteiger charge is 2.14. The van der Waals surface area contributed by atoms with E-state index in [0.717, 1.165) is 0 Å². The molecule has 92 valence electrons. The van der Waals surface area contributed by atoms with E-state index < -0.39 is 11.9 Å². The van der Waals surface area contributed by atoms with Crippen molar-refractivity contribution >= 4 is 17.5 Å². The first-order chi connectivity index (χ1) is 7.97. The van der Waals surface area contributed by atoms with Gasteiger partial charge in [0, 0.05) is 11.3 Å². The molecule has 0 fully saturated rings. The molecule has 0 aromatic heterocycles. The zero-order valence-electron chi connectivity index (χ0n) is 9.99. The van der Waals surface area contributed by atoms with Gasteiger partial charge in [-0.1, -0.05) is 13.0 Å². The number of anilines is 1. The monoisotopic (exact) mass is 235 g/mol. The smallest absolute Gasteiger partial charge is 0.249 e. The molecular weight excluding hydrogens is 218 g/mol. The van der Waals surface area contributed by atoms with Crippen molar-refractivity contribution in [3.05, 3.63) is 29.3 Å². The van der Waals surface area contributed by atoms with Crippen molar-refractivity contribution in [1.82, 2.24) is 0 Å². The lowest BCUT2D eigenvalue weighted by Gasteiger charge is -2.13. The Balaban J connectivity index is 2.96. The van der Waals surface area contributed by atoms with Gasteiger partial charge in [0.25, 0.3) is 0 Å². The zero-order valence-corrected chi connectivity index (χ0v) is 9.99. The normalized spacial score (nSPS) is 11.9. The number of rotatable bonds is 4. The molecule has 0 spiro atoms. The number of carbonyl (C=O) groups is 2. The molecule has 1 aromatic rings. The quantitative estimate of drug-likeness (QED) is 0.718. The molecule has 0 aliphatic carbocycles. The van der Waals surface area contributed by atoms with E-state index in [1.165, 1.54) is 0 Å². The summed E-state index contributed by atoms with van der Waals surface area (Å²) in [4.78, 5) is 22.8. The molecule has 0 bridgehead atoms. The second-order valence-corrected chi connectivity index (χ2v) is 3.85. The zero-order chi connectivity index (χ0) is 13.0. The van der Waals surface area contributed by atoms with Gasteiger partial charge in [0.1, 0.15) is 0 Å². The second kappa shape index (κ2) is 5.45. The molecule has 0 saturated heterocycles. The number of hydrogen-bond acceptors (Lipinski definition) is 3. The molecule has 17 heavy (non-hydrogen) atoms. The molecule has 0 saturated carbocycles. The Morgan fingerprint density at radius 1 is 1.41 bits per heavy atom. The summed E-state index contributed by atoms with van der Waals surface area (Å²) in [5.41, 5.74) is 12.4. The molecule has 0 heterocycles. The first-order valence-corrected chi connectivity index (χ1v) is 5.43. The SMILES string of the molecule is CCC(N)C(=O)Nc1cccc(C(N)=O)c1C. The minimum absolute atomic E-state index is 0.266. The van der Waals surface area contributed by atoms with Gasteiger partial charge in [-0.25, -0.2) is 0 Å². The molecule has 0 aliphatic rings. The minimum Gasteiger partial charge on any atom is -0.366 e. The fourth-order valence-corrected chi connectivity index (χ4v) is 1.45. The number of primary amides is 1. The van der Waals surface area contributed by atoms with E-state index in [9.17, 15) is 9.59 Å². The van der Waals surface area contributed by atoms with E-state index in [2.05, 4.69) is 5.32 Å². The van der Waals surface area contributed by atoms with Gasteiger partial charge in [0.05, 0.1) is 6.04 Å². The number of carbonyl (C=O) groups excluding carboxylic acids is 2. The van der Waals surface area contributed by atoms with Crippen LogP contribution in [0.2, 0.25) is 0 Å². The molecule has 5 heteroatoms. The number of nitrogens with two attached hydrogens (primary N) is 2. The molecule has 1 aromatic carbocycles. The summed E-state index contributed by atoms with van der Waals surface area (Å²) in [5, 5.41) is 2.68. The molecule has 2 amide bonds. The fourth-order valence-electron chi connectivity index (χ4n) is 1.45. The molecular formula is C12H17N3O2. The Labute approximate surface area is 100 Å². The Morgan fingerprint density at radius 2 is 2.06 bits per heavy atom. The Kier molecular flexibility index (Phi) is 4.23. The largest absolute Gasteiger partial charge is 0.366 e. The second-order valence-electron chi connectivity index (χ2n) is 3.85. The molecule has 5 N–H and O–H groups in total. The van der Waals surface area contributed by atoms with Gasteiger partial charge in [0.2, 0.25) is 11.8 Å². The molecule has 1 atom stereocenters. The van der Waals surface area contributed by atoms with E-state index in [4.69, 9.17) is 11.5 Å². The highest BCUT2D eigenvalue weighted by Crippen LogP contribution is 2.18. The fraction of sp³-hybridized carbons (Fsp3) is 0.333. The van der Waals surface area contributed by atoms with Crippen LogP contribution in [-0.2, 0) is 4.79 Å². The molecule has 1 rings (SSSR count). The van der Waals surface area contributed by atoms with Gasteiger partial charge in [-0.3, -0.25) is 9.59 Å². The van der Waals surface area contributed by atoms with Gasteiger partial charge in [0.15, 0.2) is 0 Å². The van der Waals surface area contributed by atoms with Gasteiger partial charge in [-0.15, -0.1) is 0 Å². The summed E-state index contributed by atoms with van der Waals surface area (Å²) in [5.74, 6) is -0.782. The van der Waals surface area contributed by atoms with E-state index in [1.807, 2.05) is 6.92 Å². The molecule has 0 radical (unpaired) electrons. The predicted octanol–water partition coefficient (Wildman–Crippen LogP) is 0.770. The maximum Gasteiger partial charge on any atom is 0.249 e. The lowest BCUT2D eigenvalue weighted by atomic mass is 10.1. The first-order valence-electron chi connectivity index (χ1n) is 5.43. The van der Waals surface area contributed by atoms with Crippen molar-refractivity contribution in [3.63, 3.8) is 0 Å². The van der Waals surface area contributed by atoms with Crippen LogP contribution in [0.4, 0.5) is 5.69 Å². The third-order valence-electron chi connectivity index (χ3n) is 2.63. The van der Waals surface area contributed by atoms with Crippen LogP contribution in [0.1, 0.15) is 29.3 Å². The summed E-state index contributed by atoms with van der Waals surface area (Å²) >= 11 is 0. The van der Waals surface area contributed by atoms with E-state index >= 15 is 0 Å². The third-order valence-corrected chi connectivity index (χ3v) is 2.63. The average Bonchev–Trinajstić information content (AvgIpc) is 2.30. The van der Waals surface area contributed by atoms with Crippen molar-refractivity contribution in [2.75, 3.05) is 5.32 Å². The third kappa shape index (κ3) is 3.04. The molecule has 5 nitrogen and oxygen atoms in total. The van der Waals surface area contributed by atoms with Gasteiger partial charge in [-0.2, -0.15) is 0 Å². The van der Waals surface area contributed by atoms with Crippen LogP contribution in [0.5, 0.6) is 0 Å². The highest BCUT2D eigenvalue weighted by molar-refractivity contribution is 5.99. The van der Waals surface area contributed by atoms with Crippen LogP contribution in [-0.4, -0.2) is 17.9 Å². The Hall–Kier alpha value is -1.88. The van der Waals surface area contributed by atoms with Crippen LogP contribution >= 0.6 is 0 Å². The summed E-state index contributed by atoms with van der Waals surface area (Å²) in [6.07, 6.45) is 0.556. The topological polar surface area (TPSA) is 98.2 Å². The molecule has 0 aliphatic heterocycles. The summed E-state index contributed by atoms with van der Waals surface area (Å²) in [6, 6.07) is 4.45. The van der Waals surface area contributed by atoms with Gasteiger partial charge in [-0.05, 0) is 31.0 Å². The van der Waals surface area contributed by atoms with Crippen molar-refractivity contribution in [1.29, 1.82) is 0 Å². The lowest BCUT2D eigenvalue weighted by molar-refractivity contribution is -0.117. The number of amides is 2. The number of nitrogens with one attached hydrogen (secondary N) is 1. The van der Waals surface area contributed by atoms with Crippen molar-refractivity contribution in [2.45, 2.75) is 26.3 Å². The first kappa shape index (κ1) is 13.2. The van der Waals surface area contributed by atoms with Crippen LogP contribution in [0.15, 0.2) is 18.2 Å². The van der Waals surface area contributed by atoms with E-state index in [1.54, 1.807) is 25.1 Å².